The van der Waals surface area contributed by atoms with Crippen LogP contribution in [0.15, 0.2) is 23.1 Å². The summed E-state index contributed by atoms with van der Waals surface area (Å²) < 4.78 is 23.9. The number of primary amides is 1. The number of sulfone groups is 1. The van der Waals surface area contributed by atoms with Gasteiger partial charge in [0.05, 0.1) is 4.90 Å². The molecule has 0 aliphatic heterocycles. The van der Waals surface area contributed by atoms with Crippen LogP contribution in [0.2, 0.25) is 0 Å². The fraction of sp³-hybridized carbons (Fsp3) is 0.429. The number of carbonyl (C=O) groups excluding carboxylic acids is 1. The number of guanidine groups is 1. The Kier molecular flexibility index (Phi) is 5.54. The molecule has 0 saturated carbocycles. The number of urea groups is 1. The van der Waals surface area contributed by atoms with Crippen LogP contribution in [-0.4, -0.2) is 38.6 Å². The Morgan fingerprint density at radius 2 is 2.00 bits per heavy atom. The second kappa shape index (κ2) is 6.78. The van der Waals surface area contributed by atoms with Crippen LogP contribution in [0.5, 0.6) is 0 Å². The molecule has 0 aliphatic carbocycles. The average Bonchev–Trinajstić information content (AvgIpc) is 2.36. The van der Waals surface area contributed by atoms with Gasteiger partial charge < -0.3 is 10.6 Å². The molecule has 122 valence electrons. The third kappa shape index (κ3) is 4.73. The molecule has 0 aliphatic rings. The third-order valence-electron chi connectivity index (χ3n) is 3.14. The van der Waals surface area contributed by atoms with Crippen molar-refractivity contribution >= 4 is 21.8 Å². The molecule has 0 radical (unpaired) electrons. The molecule has 0 atom stereocenters. The molecule has 0 saturated heterocycles. The first-order valence-electron chi connectivity index (χ1n) is 6.71. The molecule has 1 aromatic carbocycles. The summed E-state index contributed by atoms with van der Waals surface area (Å²) in [5, 5.41) is 9.82. The van der Waals surface area contributed by atoms with Gasteiger partial charge in [0.25, 0.3) is 0 Å². The van der Waals surface area contributed by atoms with Gasteiger partial charge in [-0.25, -0.2) is 13.2 Å². The maximum atomic E-state index is 11.9. The minimum atomic E-state index is -3.34. The summed E-state index contributed by atoms with van der Waals surface area (Å²) in [5.74, 6) is -0.0623. The lowest BCUT2D eigenvalue weighted by Crippen LogP contribution is -2.43. The van der Waals surface area contributed by atoms with Crippen LogP contribution in [0.1, 0.15) is 30.9 Å². The maximum absolute atomic E-state index is 11.9. The Bertz CT molecular complexity index is 683. The highest BCUT2D eigenvalue weighted by molar-refractivity contribution is 7.90. The maximum Gasteiger partial charge on any atom is 0.318 e. The monoisotopic (exact) mass is 326 g/mol. The number of nitrogens with one attached hydrogen (secondary N) is 2. The summed E-state index contributed by atoms with van der Waals surface area (Å²) in [6.07, 6.45) is 1.18. The van der Waals surface area contributed by atoms with Crippen LogP contribution in [0.25, 0.3) is 0 Å². The second-order valence-electron chi connectivity index (χ2n) is 5.49. The smallest absolute Gasteiger partial charge is 0.318 e. The summed E-state index contributed by atoms with van der Waals surface area (Å²) >= 11 is 0. The van der Waals surface area contributed by atoms with E-state index < -0.39 is 15.9 Å². The highest BCUT2D eigenvalue weighted by Gasteiger charge is 2.17. The van der Waals surface area contributed by atoms with Gasteiger partial charge in [-0.1, -0.05) is 26.0 Å². The van der Waals surface area contributed by atoms with Gasteiger partial charge in [-0.15, -0.1) is 0 Å². The summed E-state index contributed by atoms with van der Waals surface area (Å²) in [5.41, 5.74) is 6.45. The van der Waals surface area contributed by atoms with Gasteiger partial charge in [0.15, 0.2) is 15.8 Å². The van der Waals surface area contributed by atoms with Crippen LogP contribution in [0.3, 0.4) is 0 Å². The first-order valence-corrected chi connectivity index (χ1v) is 8.60. The van der Waals surface area contributed by atoms with Crippen molar-refractivity contribution in [2.75, 3.05) is 13.3 Å². The van der Waals surface area contributed by atoms with Crippen LogP contribution < -0.4 is 11.1 Å². The molecule has 0 unspecified atom stereocenters. The Morgan fingerprint density at radius 1 is 1.41 bits per heavy atom. The molecule has 0 spiro atoms. The molecular weight excluding hydrogens is 304 g/mol. The zero-order valence-corrected chi connectivity index (χ0v) is 14.0. The predicted molar refractivity (Wildman–Crippen MR) is 85.6 cm³/mol. The van der Waals surface area contributed by atoms with Crippen LogP contribution in [0.4, 0.5) is 4.79 Å². The average molecular weight is 326 g/mol. The lowest BCUT2D eigenvalue weighted by molar-refractivity contribution is 0.251. The molecular formula is C14H22N4O3S. The van der Waals surface area contributed by atoms with E-state index in [0.717, 1.165) is 11.1 Å². The van der Waals surface area contributed by atoms with Crippen molar-refractivity contribution in [3.05, 3.63) is 29.3 Å². The van der Waals surface area contributed by atoms with E-state index in [1.54, 1.807) is 19.2 Å². The Hall–Kier alpha value is -2.09. The molecule has 0 bridgehead atoms. The van der Waals surface area contributed by atoms with Crippen LogP contribution >= 0.6 is 0 Å². The Labute approximate surface area is 130 Å². The Balaban J connectivity index is 3.08. The van der Waals surface area contributed by atoms with Crippen molar-refractivity contribution < 1.29 is 13.2 Å². The first-order chi connectivity index (χ1) is 10.0. The van der Waals surface area contributed by atoms with Gasteiger partial charge in [0, 0.05) is 19.8 Å². The van der Waals surface area contributed by atoms with Gasteiger partial charge in [0.1, 0.15) is 0 Å². The number of benzene rings is 1. The fourth-order valence-electron chi connectivity index (χ4n) is 2.04. The molecule has 1 rings (SSSR count). The fourth-order valence-corrected chi connectivity index (χ4v) is 3.14. The van der Waals surface area contributed by atoms with Crippen LogP contribution in [0, 0.1) is 5.41 Å². The van der Waals surface area contributed by atoms with E-state index in [9.17, 15) is 13.2 Å². The molecule has 4 N–H and O–H groups in total. The predicted octanol–water partition coefficient (Wildman–Crippen LogP) is 1.25. The number of amides is 2. The third-order valence-corrected chi connectivity index (χ3v) is 4.30. The molecule has 0 aromatic heterocycles. The second-order valence-corrected chi connectivity index (χ2v) is 7.48. The molecule has 22 heavy (non-hydrogen) atoms. The number of carbonyl (C=O) groups is 1. The van der Waals surface area contributed by atoms with Crippen molar-refractivity contribution in [3.8, 4) is 0 Å². The normalized spacial score (nSPS) is 11.3. The van der Waals surface area contributed by atoms with Gasteiger partial charge in [-0.05, 0) is 23.1 Å². The molecule has 2 amide bonds. The SMILES string of the molecule is CC(C)c1ccc(CN(C)C(=N)NC(N)=O)cc1S(C)(=O)=O. The highest BCUT2D eigenvalue weighted by atomic mass is 32.2. The van der Waals surface area contributed by atoms with Crippen molar-refractivity contribution in [2.24, 2.45) is 5.73 Å². The van der Waals surface area contributed by atoms with E-state index in [4.69, 9.17) is 11.1 Å². The molecule has 7 nitrogen and oxygen atoms in total. The Morgan fingerprint density at radius 3 is 2.45 bits per heavy atom. The number of hydrogen-bond acceptors (Lipinski definition) is 4. The van der Waals surface area contributed by atoms with Gasteiger partial charge >= 0.3 is 6.03 Å². The van der Waals surface area contributed by atoms with E-state index in [0.29, 0.717) is 4.90 Å². The molecule has 0 fully saturated rings. The lowest BCUT2D eigenvalue weighted by atomic mass is 10.0. The molecule has 0 heterocycles. The van der Waals surface area contributed by atoms with Gasteiger partial charge in [-0.2, -0.15) is 0 Å². The number of rotatable bonds is 4. The number of nitrogens with two attached hydrogens (primary N) is 1. The van der Waals surface area contributed by atoms with E-state index in [2.05, 4.69) is 5.32 Å². The lowest BCUT2D eigenvalue weighted by Gasteiger charge is -2.21. The van der Waals surface area contributed by atoms with Crippen LogP contribution in [-0.2, 0) is 16.4 Å². The minimum absolute atomic E-state index is 0.0892. The zero-order chi connectivity index (χ0) is 17.1. The van der Waals surface area contributed by atoms with E-state index >= 15 is 0 Å². The molecule has 1 aromatic rings. The highest BCUT2D eigenvalue weighted by Crippen LogP contribution is 2.25. The summed E-state index contributed by atoms with van der Waals surface area (Å²) in [6.45, 7) is 4.14. The molecule has 8 heteroatoms. The summed E-state index contributed by atoms with van der Waals surface area (Å²) in [6, 6.07) is 4.40. The van der Waals surface area contributed by atoms with Crippen molar-refractivity contribution in [1.82, 2.24) is 10.2 Å². The van der Waals surface area contributed by atoms with Crippen molar-refractivity contribution in [2.45, 2.75) is 31.2 Å². The van der Waals surface area contributed by atoms with E-state index in [1.165, 1.54) is 11.2 Å². The first kappa shape index (κ1) is 18.0. The standard InChI is InChI=1S/C14H22N4O3S/c1-9(2)11-6-5-10(7-12(11)22(4,20)21)8-18(3)13(15)17-14(16)19/h5-7,9H,8H2,1-4H3,(H4,15,16,17,19). The zero-order valence-electron chi connectivity index (χ0n) is 13.2. The number of hydrogen-bond donors (Lipinski definition) is 3. The van der Waals surface area contributed by atoms with E-state index in [-0.39, 0.29) is 18.4 Å². The number of nitrogens with zero attached hydrogens (tertiary/aromatic N) is 1. The quantitative estimate of drug-likeness (QED) is 0.570. The van der Waals surface area contributed by atoms with Crippen molar-refractivity contribution in [3.63, 3.8) is 0 Å². The summed E-state index contributed by atoms with van der Waals surface area (Å²) in [4.78, 5) is 12.5. The topological polar surface area (TPSA) is 116 Å². The van der Waals surface area contributed by atoms with E-state index in [1.807, 2.05) is 19.9 Å². The van der Waals surface area contributed by atoms with Gasteiger partial charge in [0.2, 0.25) is 0 Å². The van der Waals surface area contributed by atoms with Gasteiger partial charge in [-0.3, -0.25) is 10.7 Å². The summed E-state index contributed by atoms with van der Waals surface area (Å²) in [7, 11) is -1.73. The van der Waals surface area contributed by atoms with Crippen molar-refractivity contribution in [1.29, 1.82) is 5.41 Å². The largest absolute Gasteiger partial charge is 0.351 e. The minimum Gasteiger partial charge on any atom is -0.351 e.